The van der Waals surface area contributed by atoms with E-state index in [2.05, 4.69) is 41.7 Å². The number of aliphatic hydroxyl groups is 1. The fourth-order valence-electron chi connectivity index (χ4n) is 1.85. The van der Waals surface area contributed by atoms with Crippen LogP contribution in [-0.2, 0) is 18.6 Å². The van der Waals surface area contributed by atoms with Crippen LogP contribution in [-0.4, -0.2) is 10.1 Å². The number of halogens is 1. The lowest BCUT2D eigenvalue weighted by Gasteiger charge is -2.19. The maximum Gasteiger partial charge on any atom is 0.214 e. The molecule has 0 spiro atoms. The highest BCUT2D eigenvalue weighted by Crippen LogP contribution is 2.24. The van der Waals surface area contributed by atoms with Gasteiger partial charge in [-0.05, 0) is 29.3 Å². The van der Waals surface area contributed by atoms with Crippen LogP contribution in [0.25, 0.3) is 0 Å². The zero-order chi connectivity index (χ0) is 15.5. The van der Waals surface area contributed by atoms with Crippen LogP contribution in [0.2, 0.25) is 0 Å². The molecule has 0 saturated heterocycles. The zero-order valence-electron chi connectivity index (χ0n) is 12.6. The summed E-state index contributed by atoms with van der Waals surface area (Å²) >= 11 is 3.41. The smallest absolute Gasteiger partial charge is 0.214 e. The molecule has 112 valence electrons. The van der Waals surface area contributed by atoms with Gasteiger partial charge in [-0.15, -0.1) is 0 Å². The average Bonchev–Trinajstić information content (AvgIpc) is 2.45. The number of hydrogen-bond donors (Lipinski definition) is 1. The minimum atomic E-state index is -0.0824. The summed E-state index contributed by atoms with van der Waals surface area (Å²) in [6.07, 6.45) is 0. The normalized spacial score (nSPS) is 11.5. The molecule has 2 aromatic rings. The van der Waals surface area contributed by atoms with E-state index >= 15 is 0 Å². The molecule has 1 aromatic carbocycles. The highest BCUT2D eigenvalue weighted by atomic mass is 79.9. The second-order valence-corrected chi connectivity index (χ2v) is 6.94. The molecule has 0 unspecified atom stereocenters. The van der Waals surface area contributed by atoms with E-state index < -0.39 is 0 Å². The Bertz CT molecular complexity index is 603. The number of nitrogens with zero attached hydrogens (tertiary/aromatic N) is 1. The van der Waals surface area contributed by atoms with Crippen LogP contribution in [0.4, 0.5) is 0 Å². The Labute approximate surface area is 134 Å². The van der Waals surface area contributed by atoms with Gasteiger partial charge < -0.3 is 9.84 Å². The van der Waals surface area contributed by atoms with Gasteiger partial charge in [0, 0.05) is 16.0 Å². The summed E-state index contributed by atoms with van der Waals surface area (Å²) in [5.41, 5.74) is 2.73. The van der Waals surface area contributed by atoms with Gasteiger partial charge in [-0.3, -0.25) is 0 Å². The summed E-state index contributed by atoms with van der Waals surface area (Å²) in [7, 11) is 0. The highest BCUT2D eigenvalue weighted by molar-refractivity contribution is 9.10. The van der Waals surface area contributed by atoms with Crippen LogP contribution in [0.15, 0.2) is 40.9 Å². The maximum absolute atomic E-state index is 9.38. The number of pyridine rings is 1. The van der Waals surface area contributed by atoms with Crippen molar-refractivity contribution in [3.05, 3.63) is 57.7 Å². The number of aromatic nitrogens is 1. The summed E-state index contributed by atoms with van der Waals surface area (Å²) in [4.78, 5) is 4.54. The molecule has 0 aliphatic rings. The Hall–Kier alpha value is -1.39. The van der Waals surface area contributed by atoms with Gasteiger partial charge in [0.2, 0.25) is 5.88 Å². The van der Waals surface area contributed by atoms with Crippen molar-refractivity contribution < 1.29 is 9.84 Å². The van der Waals surface area contributed by atoms with Crippen molar-refractivity contribution in [1.82, 2.24) is 4.98 Å². The molecule has 0 amide bonds. The molecule has 0 atom stereocenters. The van der Waals surface area contributed by atoms with Crippen LogP contribution < -0.4 is 4.74 Å². The monoisotopic (exact) mass is 349 g/mol. The molecule has 0 aliphatic carbocycles. The molecular weight excluding hydrogens is 330 g/mol. The molecule has 1 heterocycles. The fraction of sp³-hybridized carbons (Fsp3) is 0.353. The summed E-state index contributed by atoms with van der Waals surface area (Å²) in [5, 5.41) is 9.38. The van der Waals surface area contributed by atoms with Crippen molar-refractivity contribution in [3.8, 4) is 5.88 Å². The van der Waals surface area contributed by atoms with Crippen LogP contribution in [0.1, 0.15) is 37.6 Å². The molecule has 1 aromatic heterocycles. The number of ether oxygens (including phenoxy) is 1. The van der Waals surface area contributed by atoms with E-state index in [1.165, 1.54) is 0 Å². The SMILES string of the molecule is CC(C)(C)c1cc(CO)cc(OCc2ccc(Br)cc2)n1. The minimum absolute atomic E-state index is 0.0136. The van der Waals surface area contributed by atoms with E-state index in [-0.39, 0.29) is 12.0 Å². The molecular formula is C17H20BrNO2. The third-order valence-corrected chi connectivity index (χ3v) is 3.64. The number of hydrogen-bond acceptors (Lipinski definition) is 3. The second-order valence-electron chi connectivity index (χ2n) is 6.02. The third kappa shape index (κ3) is 4.55. The van der Waals surface area contributed by atoms with Crippen molar-refractivity contribution >= 4 is 15.9 Å². The van der Waals surface area contributed by atoms with Crippen molar-refractivity contribution in [3.63, 3.8) is 0 Å². The van der Waals surface area contributed by atoms with Crippen molar-refractivity contribution in [1.29, 1.82) is 0 Å². The molecule has 1 N–H and O–H groups in total. The van der Waals surface area contributed by atoms with Gasteiger partial charge in [0.15, 0.2) is 0 Å². The van der Waals surface area contributed by atoms with E-state index in [4.69, 9.17) is 4.74 Å². The molecule has 0 radical (unpaired) electrons. The Morgan fingerprint density at radius 3 is 2.33 bits per heavy atom. The highest BCUT2D eigenvalue weighted by Gasteiger charge is 2.17. The molecule has 3 nitrogen and oxygen atoms in total. The summed E-state index contributed by atoms with van der Waals surface area (Å²) in [6.45, 7) is 6.72. The standard InChI is InChI=1S/C17H20BrNO2/c1-17(2,3)15-8-13(10-20)9-16(19-15)21-11-12-4-6-14(18)7-5-12/h4-9,20H,10-11H2,1-3H3. The molecule has 0 saturated carbocycles. The largest absolute Gasteiger partial charge is 0.473 e. The number of benzene rings is 1. The molecule has 21 heavy (non-hydrogen) atoms. The van der Waals surface area contributed by atoms with Crippen LogP contribution in [0.5, 0.6) is 5.88 Å². The topological polar surface area (TPSA) is 42.4 Å². The average molecular weight is 350 g/mol. The molecule has 0 aliphatic heterocycles. The van der Waals surface area contributed by atoms with Gasteiger partial charge >= 0.3 is 0 Å². The zero-order valence-corrected chi connectivity index (χ0v) is 14.1. The summed E-state index contributed by atoms with van der Waals surface area (Å²) in [6, 6.07) is 11.7. The molecule has 0 fully saturated rings. The van der Waals surface area contributed by atoms with Crippen LogP contribution >= 0.6 is 15.9 Å². The Balaban J connectivity index is 2.17. The summed E-state index contributed by atoms with van der Waals surface area (Å²) < 4.78 is 6.82. The maximum atomic E-state index is 9.38. The van der Waals surface area contributed by atoms with Gasteiger partial charge in [0.25, 0.3) is 0 Å². The molecule has 0 bridgehead atoms. The summed E-state index contributed by atoms with van der Waals surface area (Å²) in [5.74, 6) is 0.550. The van der Waals surface area contributed by atoms with Gasteiger partial charge in [0.1, 0.15) is 6.61 Å². The van der Waals surface area contributed by atoms with E-state index in [1.807, 2.05) is 30.3 Å². The predicted octanol–water partition coefficient (Wildman–Crippen LogP) is 4.21. The van der Waals surface area contributed by atoms with Crippen molar-refractivity contribution in [2.24, 2.45) is 0 Å². The lowest BCUT2D eigenvalue weighted by Crippen LogP contribution is -2.15. The van der Waals surface area contributed by atoms with Crippen molar-refractivity contribution in [2.75, 3.05) is 0 Å². The van der Waals surface area contributed by atoms with E-state index in [9.17, 15) is 5.11 Å². The Morgan fingerprint density at radius 1 is 1.10 bits per heavy atom. The van der Waals surface area contributed by atoms with E-state index in [1.54, 1.807) is 6.07 Å². The van der Waals surface area contributed by atoms with Crippen LogP contribution in [0.3, 0.4) is 0 Å². The fourth-order valence-corrected chi connectivity index (χ4v) is 2.11. The number of rotatable bonds is 4. The number of aliphatic hydroxyl groups excluding tert-OH is 1. The van der Waals surface area contributed by atoms with Gasteiger partial charge in [-0.1, -0.05) is 48.8 Å². The lowest BCUT2D eigenvalue weighted by atomic mass is 9.91. The third-order valence-electron chi connectivity index (χ3n) is 3.11. The van der Waals surface area contributed by atoms with Gasteiger partial charge in [-0.25, -0.2) is 4.98 Å². The minimum Gasteiger partial charge on any atom is -0.473 e. The Morgan fingerprint density at radius 2 is 1.76 bits per heavy atom. The first-order valence-electron chi connectivity index (χ1n) is 6.88. The molecule has 2 rings (SSSR count). The quantitative estimate of drug-likeness (QED) is 0.898. The van der Waals surface area contributed by atoms with Crippen LogP contribution in [0, 0.1) is 0 Å². The first-order valence-corrected chi connectivity index (χ1v) is 7.67. The van der Waals surface area contributed by atoms with Gasteiger partial charge in [-0.2, -0.15) is 0 Å². The van der Waals surface area contributed by atoms with Gasteiger partial charge in [0.05, 0.1) is 12.3 Å². The first kappa shape index (κ1) is 16.0. The second kappa shape index (κ2) is 6.58. The van der Waals surface area contributed by atoms with E-state index in [0.29, 0.717) is 12.5 Å². The Kier molecular flexibility index (Phi) is 5.01. The first-order chi connectivity index (χ1) is 9.88. The lowest BCUT2D eigenvalue weighted by molar-refractivity contribution is 0.273. The van der Waals surface area contributed by atoms with E-state index in [0.717, 1.165) is 21.3 Å². The molecule has 4 heteroatoms. The van der Waals surface area contributed by atoms with Crippen molar-refractivity contribution in [2.45, 2.75) is 39.4 Å². The predicted molar refractivity (Wildman–Crippen MR) is 87.3 cm³/mol.